The Morgan fingerprint density at radius 3 is 1.92 bits per heavy atom. The summed E-state index contributed by atoms with van der Waals surface area (Å²) < 4.78 is 23.3. The van der Waals surface area contributed by atoms with Crippen molar-refractivity contribution in [3.8, 4) is 0 Å². The van der Waals surface area contributed by atoms with Crippen molar-refractivity contribution in [2.75, 3.05) is 13.2 Å². The van der Waals surface area contributed by atoms with Crippen molar-refractivity contribution in [2.45, 2.75) is 151 Å². The van der Waals surface area contributed by atoms with Gasteiger partial charge >= 0.3 is 0 Å². The molecule has 276 valence electrons. The largest absolute Gasteiger partial charge is 0.394 e. The summed E-state index contributed by atoms with van der Waals surface area (Å²) in [5, 5.41) is 62.9. The Labute approximate surface area is 283 Å². The zero-order valence-corrected chi connectivity index (χ0v) is 28.5. The number of hydrogen-bond donors (Lipinski definition) is 10. The first kappa shape index (κ1) is 40.8. The van der Waals surface area contributed by atoms with Gasteiger partial charge in [0.2, 0.25) is 0 Å². The SMILES string of the molecule is CC(C)=CCC/C(C)=C/CC/C(C)=C/C=N/CC1OC(OC2C(N)CC(N)C(OC3OC(CO)C(O)C(N)C3O)C2O)C(N)C(O)C1O. The van der Waals surface area contributed by atoms with E-state index in [1.165, 1.54) is 11.1 Å². The molecule has 15 atom stereocenters. The van der Waals surface area contributed by atoms with E-state index in [0.29, 0.717) is 0 Å². The molecule has 0 aromatic rings. The maximum absolute atomic E-state index is 11.3. The van der Waals surface area contributed by atoms with Gasteiger partial charge in [-0.2, -0.15) is 0 Å². The Balaban J connectivity index is 1.59. The molecule has 15 nitrogen and oxygen atoms in total. The van der Waals surface area contributed by atoms with Crippen molar-refractivity contribution in [1.29, 1.82) is 0 Å². The Morgan fingerprint density at radius 2 is 1.29 bits per heavy atom. The third kappa shape index (κ3) is 10.9. The topological polar surface area (TPSA) is 275 Å². The van der Waals surface area contributed by atoms with E-state index in [1.807, 2.05) is 13.0 Å². The van der Waals surface area contributed by atoms with Gasteiger partial charge in [-0.05, 0) is 65.9 Å². The molecule has 2 aliphatic heterocycles. The van der Waals surface area contributed by atoms with E-state index in [9.17, 15) is 30.6 Å². The number of allylic oxidation sites excluding steroid dienone is 6. The highest BCUT2D eigenvalue weighted by molar-refractivity contribution is 5.72. The molecule has 3 fully saturated rings. The molecule has 0 spiro atoms. The molecular formula is C33H59N5O10. The fraction of sp³-hybridized carbons (Fsp3) is 0.788. The molecule has 1 aliphatic carbocycles. The van der Waals surface area contributed by atoms with Crippen LogP contribution in [0.5, 0.6) is 0 Å². The Morgan fingerprint density at radius 1 is 0.708 bits per heavy atom. The number of nitrogens with zero attached hydrogens (tertiary/aromatic N) is 1. The molecule has 0 aromatic heterocycles. The van der Waals surface area contributed by atoms with Gasteiger partial charge in [0, 0.05) is 18.3 Å². The quantitative estimate of drug-likeness (QED) is 0.0714. The number of aliphatic hydroxyl groups is 6. The van der Waals surface area contributed by atoms with Gasteiger partial charge in [-0.1, -0.05) is 28.9 Å². The Kier molecular flexibility index (Phi) is 16.2. The van der Waals surface area contributed by atoms with Gasteiger partial charge in [0.25, 0.3) is 0 Å². The highest BCUT2D eigenvalue weighted by Gasteiger charge is 2.51. The molecule has 1 saturated carbocycles. The Hall–Kier alpha value is -1.67. The minimum Gasteiger partial charge on any atom is -0.394 e. The van der Waals surface area contributed by atoms with E-state index in [0.717, 1.165) is 31.3 Å². The zero-order valence-electron chi connectivity index (χ0n) is 28.5. The van der Waals surface area contributed by atoms with E-state index in [2.05, 4.69) is 37.9 Å². The second-order valence-electron chi connectivity index (χ2n) is 13.6. The summed E-state index contributed by atoms with van der Waals surface area (Å²) in [5.41, 5.74) is 28.4. The first-order valence-corrected chi connectivity index (χ1v) is 16.8. The maximum atomic E-state index is 11.3. The van der Waals surface area contributed by atoms with Crippen LogP contribution in [0.4, 0.5) is 0 Å². The summed E-state index contributed by atoms with van der Waals surface area (Å²) in [6.07, 6.45) is -2.22. The lowest BCUT2D eigenvalue weighted by molar-refractivity contribution is -0.318. The van der Waals surface area contributed by atoms with E-state index in [4.69, 9.17) is 41.9 Å². The molecular weight excluding hydrogens is 626 g/mol. The smallest absolute Gasteiger partial charge is 0.186 e. The predicted octanol–water partition coefficient (Wildman–Crippen LogP) is -1.79. The number of nitrogens with two attached hydrogens (primary N) is 4. The van der Waals surface area contributed by atoms with Gasteiger partial charge < -0.3 is 72.5 Å². The fourth-order valence-electron chi connectivity index (χ4n) is 6.07. The summed E-state index contributed by atoms with van der Waals surface area (Å²) in [4.78, 5) is 4.37. The standard InChI is InChI=1S/C33H59N5O10/c1-16(2)7-5-8-17(3)9-6-10-18(4)11-12-38-14-21-26(41)27(42)24(37)32(45-21)47-30-19(34)13-20(35)31(29(30)44)48-33-28(43)23(36)25(40)22(15-39)46-33/h7,9,11-12,19-33,39-44H,5-6,8,10,13-15,34-37H2,1-4H3/b17-9+,18-11+,38-12+. The van der Waals surface area contributed by atoms with Crippen molar-refractivity contribution in [1.82, 2.24) is 0 Å². The van der Waals surface area contributed by atoms with Crippen molar-refractivity contribution in [3.63, 3.8) is 0 Å². The first-order valence-electron chi connectivity index (χ1n) is 16.8. The first-order chi connectivity index (χ1) is 22.7. The fourth-order valence-corrected chi connectivity index (χ4v) is 6.07. The average Bonchev–Trinajstić information content (AvgIpc) is 3.03. The van der Waals surface area contributed by atoms with E-state index in [1.54, 1.807) is 6.21 Å². The minimum atomic E-state index is -1.49. The van der Waals surface area contributed by atoms with Crippen LogP contribution < -0.4 is 22.9 Å². The average molecular weight is 686 g/mol. The molecule has 2 heterocycles. The van der Waals surface area contributed by atoms with Crippen LogP contribution in [0.2, 0.25) is 0 Å². The molecule has 3 rings (SSSR count). The van der Waals surface area contributed by atoms with Crippen LogP contribution in [0.15, 0.2) is 39.9 Å². The summed E-state index contributed by atoms with van der Waals surface area (Å²) in [7, 11) is 0. The monoisotopic (exact) mass is 685 g/mol. The molecule has 15 unspecified atom stereocenters. The molecule has 14 N–H and O–H groups in total. The molecule has 3 aliphatic rings. The van der Waals surface area contributed by atoms with E-state index >= 15 is 0 Å². The van der Waals surface area contributed by atoms with Crippen LogP contribution >= 0.6 is 0 Å². The third-order valence-electron chi connectivity index (χ3n) is 9.20. The van der Waals surface area contributed by atoms with Crippen LogP contribution in [0.1, 0.15) is 59.8 Å². The van der Waals surface area contributed by atoms with Gasteiger partial charge in [0.1, 0.15) is 54.9 Å². The van der Waals surface area contributed by atoms with Crippen molar-refractivity contribution in [2.24, 2.45) is 27.9 Å². The summed E-state index contributed by atoms with van der Waals surface area (Å²) >= 11 is 0. The van der Waals surface area contributed by atoms with Gasteiger partial charge in [-0.25, -0.2) is 0 Å². The molecule has 2 saturated heterocycles. The second kappa shape index (κ2) is 19.1. The maximum Gasteiger partial charge on any atom is 0.186 e. The molecule has 0 bridgehead atoms. The molecule has 15 heteroatoms. The van der Waals surface area contributed by atoms with Crippen LogP contribution in [-0.2, 0) is 18.9 Å². The van der Waals surface area contributed by atoms with Crippen molar-refractivity contribution < 1.29 is 49.6 Å². The van der Waals surface area contributed by atoms with Crippen molar-refractivity contribution >= 4 is 6.21 Å². The van der Waals surface area contributed by atoms with Crippen LogP contribution in [-0.4, -0.2) is 142 Å². The number of aliphatic hydroxyl groups excluding tert-OH is 6. The number of ether oxygens (including phenoxy) is 4. The van der Waals surface area contributed by atoms with Gasteiger partial charge in [-0.3, -0.25) is 4.99 Å². The molecule has 0 radical (unpaired) electrons. The number of hydrogen-bond acceptors (Lipinski definition) is 15. The molecule has 48 heavy (non-hydrogen) atoms. The second-order valence-corrected chi connectivity index (χ2v) is 13.6. The normalized spacial score (nSPS) is 41.5. The van der Waals surface area contributed by atoms with E-state index < -0.39 is 98.3 Å². The van der Waals surface area contributed by atoms with Gasteiger partial charge in [0.05, 0.1) is 25.2 Å². The van der Waals surface area contributed by atoms with Crippen LogP contribution in [0.3, 0.4) is 0 Å². The predicted molar refractivity (Wildman–Crippen MR) is 179 cm³/mol. The summed E-state index contributed by atoms with van der Waals surface area (Å²) in [6, 6.07) is -4.01. The zero-order chi connectivity index (χ0) is 35.7. The summed E-state index contributed by atoms with van der Waals surface area (Å²) in [6.45, 7) is 7.78. The number of rotatable bonds is 14. The van der Waals surface area contributed by atoms with E-state index in [-0.39, 0.29) is 13.0 Å². The van der Waals surface area contributed by atoms with Crippen LogP contribution in [0.25, 0.3) is 0 Å². The van der Waals surface area contributed by atoms with Gasteiger partial charge in [0.15, 0.2) is 12.6 Å². The summed E-state index contributed by atoms with van der Waals surface area (Å²) in [5.74, 6) is 0. The molecule has 0 aromatic carbocycles. The molecule has 0 amide bonds. The minimum absolute atomic E-state index is 0.00286. The third-order valence-corrected chi connectivity index (χ3v) is 9.20. The Bertz CT molecular complexity index is 1120. The lowest BCUT2D eigenvalue weighted by atomic mass is 9.84. The van der Waals surface area contributed by atoms with Gasteiger partial charge in [-0.15, -0.1) is 0 Å². The van der Waals surface area contributed by atoms with Crippen molar-refractivity contribution in [3.05, 3.63) is 34.9 Å². The van der Waals surface area contributed by atoms with Crippen LogP contribution in [0, 0.1) is 0 Å². The highest BCUT2D eigenvalue weighted by atomic mass is 16.7. The number of aliphatic imine (C=N–C) groups is 1. The lowest BCUT2D eigenvalue weighted by Crippen LogP contribution is -2.69. The highest BCUT2D eigenvalue weighted by Crippen LogP contribution is 2.31. The lowest BCUT2D eigenvalue weighted by Gasteiger charge is -2.48.